The van der Waals surface area contributed by atoms with Gasteiger partial charge >= 0.3 is 0 Å². The number of hydrogen-bond donors (Lipinski definition) is 1. The molecular formula is C22H18FN7OS. The minimum atomic E-state index is -0.367. The van der Waals surface area contributed by atoms with Crippen LogP contribution in [0.25, 0.3) is 11.4 Å². The molecule has 0 aliphatic rings. The van der Waals surface area contributed by atoms with Crippen molar-refractivity contribution in [2.45, 2.75) is 19.0 Å². The number of amides is 1. The number of aromatic nitrogens is 5. The smallest absolute Gasteiger partial charge is 0.236 e. The predicted molar refractivity (Wildman–Crippen MR) is 118 cm³/mol. The monoisotopic (exact) mass is 447 g/mol. The molecule has 1 N–H and O–H groups in total. The van der Waals surface area contributed by atoms with E-state index in [1.165, 1.54) is 23.9 Å². The van der Waals surface area contributed by atoms with Crippen LogP contribution >= 0.6 is 11.8 Å². The molecule has 0 spiro atoms. The van der Waals surface area contributed by atoms with Gasteiger partial charge in [-0.3, -0.25) is 9.36 Å². The van der Waals surface area contributed by atoms with Crippen molar-refractivity contribution < 1.29 is 9.18 Å². The average Bonchev–Trinajstić information content (AvgIpc) is 3.36. The molecule has 8 nitrogen and oxygen atoms in total. The van der Waals surface area contributed by atoms with E-state index >= 15 is 0 Å². The van der Waals surface area contributed by atoms with Crippen molar-refractivity contribution in [3.63, 3.8) is 0 Å². The lowest BCUT2D eigenvalue weighted by molar-refractivity contribution is -0.113. The number of carbonyl (C=O) groups excluding carboxylic acids is 1. The highest BCUT2D eigenvalue weighted by Crippen LogP contribution is 2.30. The van der Waals surface area contributed by atoms with Gasteiger partial charge in [0, 0.05) is 11.4 Å². The van der Waals surface area contributed by atoms with E-state index in [2.05, 4.69) is 26.9 Å². The molecule has 0 bridgehead atoms. The van der Waals surface area contributed by atoms with Crippen LogP contribution in [0, 0.1) is 31.0 Å². The van der Waals surface area contributed by atoms with E-state index in [-0.39, 0.29) is 17.5 Å². The highest BCUT2D eigenvalue weighted by molar-refractivity contribution is 7.99. The number of tetrazole rings is 1. The third kappa shape index (κ3) is 4.10. The fourth-order valence-corrected chi connectivity index (χ4v) is 3.96. The normalized spacial score (nSPS) is 10.7. The Bertz CT molecular complexity index is 1310. The molecule has 0 fully saturated rings. The Morgan fingerprint density at radius 3 is 2.53 bits per heavy atom. The third-order valence-corrected chi connectivity index (χ3v) is 5.86. The summed E-state index contributed by atoms with van der Waals surface area (Å²) < 4.78 is 16.7. The van der Waals surface area contributed by atoms with Crippen LogP contribution in [0.3, 0.4) is 0 Å². The molecule has 0 saturated heterocycles. The summed E-state index contributed by atoms with van der Waals surface area (Å²) in [6.45, 7) is 3.66. The first-order valence-corrected chi connectivity index (χ1v) is 10.6. The van der Waals surface area contributed by atoms with Crippen LogP contribution in [0.15, 0.2) is 59.8 Å². The first-order valence-electron chi connectivity index (χ1n) is 9.64. The van der Waals surface area contributed by atoms with Crippen LogP contribution in [-0.2, 0) is 4.79 Å². The lowest BCUT2D eigenvalue weighted by Gasteiger charge is -2.13. The highest BCUT2D eigenvalue weighted by atomic mass is 32.2. The summed E-state index contributed by atoms with van der Waals surface area (Å²) in [5, 5.41) is 24.6. The van der Waals surface area contributed by atoms with Crippen molar-refractivity contribution >= 4 is 23.5 Å². The van der Waals surface area contributed by atoms with Crippen LogP contribution in [0.5, 0.6) is 0 Å². The summed E-state index contributed by atoms with van der Waals surface area (Å²) in [6, 6.07) is 17.4. The average molecular weight is 447 g/mol. The van der Waals surface area contributed by atoms with Crippen LogP contribution in [0.1, 0.15) is 16.8 Å². The van der Waals surface area contributed by atoms with Crippen molar-refractivity contribution in [2.24, 2.45) is 0 Å². The maximum absolute atomic E-state index is 13.4. The Morgan fingerprint density at radius 2 is 1.84 bits per heavy atom. The van der Waals surface area contributed by atoms with Gasteiger partial charge in [-0.15, -0.1) is 5.10 Å². The number of nitrogens with zero attached hydrogens (tertiary/aromatic N) is 6. The zero-order valence-electron chi connectivity index (χ0n) is 17.3. The van der Waals surface area contributed by atoms with Gasteiger partial charge in [0.25, 0.3) is 0 Å². The first-order chi connectivity index (χ1) is 15.5. The molecule has 4 aromatic rings. The molecule has 2 aromatic carbocycles. The number of para-hydroxylation sites is 1. The van der Waals surface area contributed by atoms with Gasteiger partial charge in [0.05, 0.1) is 17.0 Å². The summed E-state index contributed by atoms with van der Waals surface area (Å²) in [6.07, 6.45) is 0. The molecule has 0 aliphatic carbocycles. The number of nitriles is 1. The van der Waals surface area contributed by atoms with Gasteiger partial charge in [-0.1, -0.05) is 30.0 Å². The van der Waals surface area contributed by atoms with Gasteiger partial charge < -0.3 is 5.32 Å². The minimum absolute atomic E-state index is 0.0325. The van der Waals surface area contributed by atoms with Crippen LogP contribution in [0.4, 0.5) is 10.2 Å². The fourth-order valence-electron chi connectivity index (χ4n) is 3.27. The Balaban J connectivity index is 1.57. The molecule has 2 aromatic heterocycles. The van der Waals surface area contributed by atoms with E-state index in [4.69, 9.17) is 0 Å². The van der Waals surface area contributed by atoms with E-state index < -0.39 is 0 Å². The first kappa shape index (κ1) is 21.3. The molecule has 0 radical (unpaired) electrons. The maximum Gasteiger partial charge on any atom is 0.236 e. The lowest BCUT2D eigenvalue weighted by Crippen LogP contribution is -2.18. The van der Waals surface area contributed by atoms with E-state index in [1.54, 1.807) is 21.4 Å². The molecule has 10 heteroatoms. The molecule has 1 amide bonds. The summed E-state index contributed by atoms with van der Waals surface area (Å²) >= 11 is 1.18. The van der Waals surface area contributed by atoms with Gasteiger partial charge in [0.1, 0.15) is 17.7 Å². The largest absolute Gasteiger partial charge is 0.310 e. The van der Waals surface area contributed by atoms with E-state index in [1.807, 2.05) is 44.2 Å². The number of benzene rings is 2. The summed E-state index contributed by atoms with van der Waals surface area (Å²) in [4.78, 5) is 12.8. The molecule has 0 aliphatic heterocycles. The van der Waals surface area contributed by atoms with E-state index in [0.717, 1.165) is 16.9 Å². The van der Waals surface area contributed by atoms with Gasteiger partial charge in [-0.25, -0.2) is 4.39 Å². The molecule has 32 heavy (non-hydrogen) atoms. The summed E-state index contributed by atoms with van der Waals surface area (Å²) in [7, 11) is 0. The molecule has 2 heterocycles. The molecule has 0 unspecified atom stereocenters. The second kappa shape index (κ2) is 9.03. The summed E-state index contributed by atoms with van der Waals surface area (Å²) in [5.41, 5.74) is 3.31. The Kier molecular flexibility index (Phi) is 6.00. The second-order valence-corrected chi connectivity index (χ2v) is 7.85. The number of hydrogen-bond acceptors (Lipinski definition) is 6. The van der Waals surface area contributed by atoms with Gasteiger partial charge in [-0.05, 0) is 66.2 Å². The maximum atomic E-state index is 13.4. The predicted octanol–water partition coefficient (Wildman–Crippen LogP) is 3.81. The van der Waals surface area contributed by atoms with Crippen molar-refractivity contribution in [1.82, 2.24) is 24.8 Å². The van der Waals surface area contributed by atoms with Crippen molar-refractivity contribution in [1.29, 1.82) is 5.26 Å². The van der Waals surface area contributed by atoms with Crippen LogP contribution in [0.2, 0.25) is 0 Å². The van der Waals surface area contributed by atoms with E-state index in [0.29, 0.717) is 22.2 Å². The zero-order chi connectivity index (χ0) is 22.7. The molecule has 4 rings (SSSR count). The number of rotatable bonds is 6. The minimum Gasteiger partial charge on any atom is -0.310 e. The lowest BCUT2D eigenvalue weighted by atomic mass is 10.2. The van der Waals surface area contributed by atoms with Crippen molar-refractivity contribution in [2.75, 3.05) is 11.1 Å². The zero-order valence-corrected chi connectivity index (χ0v) is 18.1. The van der Waals surface area contributed by atoms with Crippen LogP contribution in [-0.4, -0.2) is 36.4 Å². The number of carbonyl (C=O) groups is 1. The summed E-state index contributed by atoms with van der Waals surface area (Å²) in [5.74, 6) is -0.309. The number of anilines is 1. The van der Waals surface area contributed by atoms with Crippen LogP contribution < -0.4 is 5.32 Å². The molecule has 160 valence electrons. The molecular weight excluding hydrogens is 429 g/mol. The molecule has 0 atom stereocenters. The standard InChI is InChI=1S/C22H18FN7OS/c1-14-15(2)29(17-10-8-16(23)9-11-17)21(19(14)12-24)25-20(31)13-32-22-26-27-28-30(22)18-6-4-3-5-7-18/h3-11H,13H2,1-2H3,(H,25,31). The van der Waals surface area contributed by atoms with Crippen molar-refractivity contribution in [3.8, 4) is 17.4 Å². The Hall–Kier alpha value is -3.97. The van der Waals surface area contributed by atoms with Gasteiger partial charge in [0.2, 0.25) is 11.1 Å². The fraction of sp³-hybridized carbons (Fsp3) is 0.136. The van der Waals surface area contributed by atoms with E-state index in [9.17, 15) is 14.4 Å². The topological polar surface area (TPSA) is 101 Å². The number of halogens is 1. The Morgan fingerprint density at radius 1 is 1.12 bits per heavy atom. The third-order valence-electron chi connectivity index (χ3n) is 4.94. The Labute approximate surface area is 187 Å². The second-order valence-electron chi connectivity index (χ2n) is 6.90. The quantitative estimate of drug-likeness (QED) is 0.451. The highest BCUT2D eigenvalue weighted by Gasteiger charge is 2.21. The number of nitrogens with one attached hydrogen (secondary N) is 1. The van der Waals surface area contributed by atoms with Gasteiger partial charge in [0.15, 0.2) is 0 Å². The SMILES string of the molecule is Cc1c(C#N)c(NC(=O)CSc2nnnn2-c2ccccc2)n(-c2ccc(F)cc2)c1C. The van der Waals surface area contributed by atoms with Crippen molar-refractivity contribution in [3.05, 3.63) is 77.2 Å². The number of thioether (sulfide) groups is 1. The van der Waals surface area contributed by atoms with Gasteiger partial charge in [-0.2, -0.15) is 9.94 Å². The molecule has 0 saturated carbocycles.